The second kappa shape index (κ2) is 6.85. The second-order valence-corrected chi connectivity index (χ2v) is 3.86. The maximum absolute atomic E-state index is 12.9. The number of nitrogens with two attached hydrogens (primary N) is 1. The first-order valence-electron chi connectivity index (χ1n) is 5.48. The highest BCUT2D eigenvalue weighted by Crippen LogP contribution is 2.06. The minimum absolute atomic E-state index is 0.174. The third-order valence-electron chi connectivity index (χ3n) is 2.27. The van der Waals surface area contributed by atoms with Gasteiger partial charge in [0.05, 0.1) is 0 Å². The number of hydrogen-bond acceptors (Lipinski definition) is 3. The summed E-state index contributed by atoms with van der Waals surface area (Å²) in [6.45, 7) is 2.75. The number of primary amides is 1. The van der Waals surface area contributed by atoms with Crippen molar-refractivity contribution in [2.24, 2.45) is 5.73 Å². The lowest BCUT2D eigenvalue weighted by Crippen LogP contribution is -2.32. The van der Waals surface area contributed by atoms with Gasteiger partial charge in [0.1, 0.15) is 12.4 Å². The Morgan fingerprint density at radius 1 is 1.59 bits per heavy atom. The van der Waals surface area contributed by atoms with Crippen molar-refractivity contribution in [3.63, 3.8) is 0 Å². The molecule has 17 heavy (non-hydrogen) atoms. The van der Waals surface area contributed by atoms with E-state index in [4.69, 9.17) is 5.73 Å². The summed E-state index contributed by atoms with van der Waals surface area (Å²) in [6, 6.07) is 6.67. The molecule has 0 radical (unpaired) electrons. The van der Waals surface area contributed by atoms with Crippen LogP contribution in [0.1, 0.15) is 12.5 Å². The lowest BCUT2D eigenvalue weighted by molar-refractivity contribution is 0.156. The Kier molecular flexibility index (Phi) is 5.42. The fourth-order valence-corrected chi connectivity index (χ4v) is 1.55. The van der Waals surface area contributed by atoms with Crippen molar-refractivity contribution >= 4 is 6.09 Å². The van der Waals surface area contributed by atoms with Crippen LogP contribution in [0.15, 0.2) is 24.3 Å². The van der Waals surface area contributed by atoms with E-state index in [1.165, 1.54) is 12.1 Å². The number of hydrogen-bond donors (Lipinski definition) is 2. The SMILES string of the molecule is CC(Cc1cccc(F)c1)NCCOC(N)=O. The Balaban J connectivity index is 2.25. The molecule has 0 heterocycles. The first kappa shape index (κ1) is 13.4. The maximum atomic E-state index is 12.9. The van der Waals surface area contributed by atoms with Gasteiger partial charge in [-0.2, -0.15) is 0 Å². The predicted octanol–water partition coefficient (Wildman–Crippen LogP) is 1.44. The van der Waals surface area contributed by atoms with Crippen LogP contribution in [0.3, 0.4) is 0 Å². The Bertz CT molecular complexity index is 371. The molecule has 0 fully saturated rings. The number of carbonyl (C=O) groups is 1. The Labute approximate surface area is 100.0 Å². The van der Waals surface area contributed by atoms with Crippen LogP contribution >= 0.6 is 0 Å². The summed E-state index contributed by atoms with van der Waals surface area (Å²) in [7, 11) is 0. The second-order valence-electron chi connectivity index (χ2n) is 3.86. The van der Waals surface area contributed by atoms with Gasteiger partial charge < -0.3 is 15.8 Å². The Morgan fingerprint density at radius 3 is 3.00 bits per heavy atom. The summed E-state index contributed by atoms with van der Waals surface area (Å²) in [5.74, 6) is -0.230. The summed E-state index contributed by atoms with van der Waals surface area (Å²) in [5.41, 5.74) is 5.75. The average Bonchev–Trinajstić information content (AvgIpc) is 2.24. The topological polar surface area (TPSA) is 64.3 Å². The van der Waals surface area contributed by atoms with Crippen molar-refractivity contribution in [3.05, 3.63) is 35.6 Å². The van der Waals surface area contributed by atoms with Gasteiger partial charge in [0.15, 0.2) is 0 Å². The molecule has 1 atom stereocenters. The normalized spacial score (nSPS) is 12.1. The number of carbonyl (C=O) groups excluding carboxylic acids is 1. The van der Waals surface area contributed by atoms with Crippen molar-refractivity contribution < 1.29 is 13.9 Å². The monoisotopic (exact) mass is 240 g/mol. The predicted molar refractivity (Wildman–Crippen MR) is 63.1 cm³/mol. The van der Waals surface area contributed by atoms with E-state index in [0.717, 1.165) is 5.56 Å². The average molecular weight is 240 g/mol. The minimum atomic E-state index is -0.774. The van der Waals surface area contributed by atoms with Gasteiger partial charge in [-0.15, -0.1) is 0 Å². The smallest absolute Gasteiger partial charge is 0.404 e. The fraction of sp³-hybridized carbons (Fsp3) is 0.417. The van der Waals surface area contributed by atoms with E-state index in [1.807, 2.05) is 13.0 Å². The molecule has 0 aliphatic heterocycles. The van der Waals surface area contributed by atoms with Gasteiger partial charge in [-0.05, 0) is 31.0 Å². The molecule has 1 unspecified atom stereocenters. The van der Waals surface area contributed by atoms with Crippen molar-refractivity contribution in [1.29, 1.82) is 0 Å². The van der Waals surface area contributed by atoms with E-state index in [1.54, 1.807) is 6.07 Å². The van der Waals surface area contributed by atoms with E-state index < -0.39 is 6.09 Å². The molecule has 0 aliphatic carbocycles. The maximum Gasteiger partial charge on any atom is 0.404 e. The van der Waals surface area contributed by atoms with Gasteiger partial charge in [-0.25, -0.2) is 9.18 Å². The van der Waals surface area contributed by atoms with Gasteiger partial charge in [-0.3, -0.25) is 0 Å². The number of rotatable bonds is 6. The van der Waals surface area contributed by atoms with E-state index in [9.17, 15) is 9.18 Å². The molecule has 0 aliphatic rings. The highest BCUT2D eigenvalue weighted by molar-refractivity contribution is 5.64. The summed E-state index contributed by atoms with van der Waals surface area (Å²) in [6.07, 6.45) is -0.0569. The molecule has 5 heteroatoms. The minimum Gasteiger partial charge on any atom is -0.448 e. The molecule has 94 valence electrons. The molecular formula is C12H17FN2O2. The molecule has 1 aromatic rings. The van der Waals surface area contributed by atoms with Gasteiger partial charge >= 0.3 is 6.09 Å². The zero-order valence-corrected chi connectivity index (χ0v) is 9.78. The van der Waals surface area contributed by atoms with E-state index in [0.29, 0.717) is 13.0 Å². The quantitative estimate of drug-likeness (QED) is 0.739. The van der Waals surface area contributed by atoms with Crippen molar-refractivity contribution in [2.75, 3.05) is 13.2 Å². The summed E-state index contributed by atoms with van der Waals surface area (Å²) in [5, 5.41) is 3.15. The summed E-state index contributed by atoms with van der Waals surface area (Å²) < 4.78 is 17.5. The first-order chi connectivity index (χ1) is 8.08. The molecule has 3 N–H and O–H groups in total. The van der Waals surface area contributed by atoms with Crippen LogP contribution in [-0.2, 0) is 11.2 Å². The molecule has 1 rings (SSSR count). The van der Waals surface area contributed by atoms with Crippen molar-refractivity contribution in [1.82, 2.24) is 5.32 Å². The largest absolute Gasteiger partial charge is 0.448 e. The molecule has 4 nitrogen and oxygen atoms in total. The third kappa shape index (κ3) is 5.87. The van der Waals surface area contributed by atoms with E-state index in [-0.39, 0.29) is 18.5 Å². The zero-order valence-electron chi connectivity index (χ0n) is 9.78. The molecular weight excluding hydrogens is 223 g/mol. The lowest BCUT2D eigenvalue weighted by atomic mass is 10.1. The molecule has 0 saturated carbocycles. The Hall–Kier alpha value is -1.62. The van der Waals surface area contributed by atoms with Crippen LogP contribution in [0, 0.1) is 5.82 Å². The van der Waals surface area contributed by atoms with Crippen LogP contribution < -0.4 is 11.1 Å². The molecule has 1 amide bonds. The fourth-order valence-electron chi connectivity index (χ4n) is 1.55. The molecule has 0 aromatic heterocycles. The van der Waals surface area contributed by atoms with Crippen LogP contribution in [-0.4, -0.2) is 25.3 Å². The van der Waals surface area contributed by atoms with Gasteiger partial charge in [0.25, 0.3) is 0 Å². The van der Waals surface area contributed by atoms with E-state index in [2.05, 4.69) is 10.1 Å². The van der Waals surface area contributed by atoms with Gasteiger partial charge in [0.2, 0.25) is 0 Å². The van der Waals surface area contributed by atoms with Crippen LogP contribution in [0.4, 0.5) is 9.18 Å². The van der Waals surface area contributed by atoms with Crippen LogP contribution in [0.25, 0.3) is 0 Å². The standard InChI is InChI=1S/C12H17FN2O2/c1-9(15-5-6-17-12(14)16)7-10-3-2-4-11(13)8-10/h2-4,8-9,15H,5-7H2,1H3,(H2,14,16). The number of nitrogens with one attached hydrogen (secondary N) is 1. The molecule has 1 aromatic carbocycles. The van der Waals surface area contributed by atoms with Gasteiger partial charge in [-0.1, -0.05) is 12.1 Å². The van der Waals surface area contributed by atoms with Crippen LogP contribution in [0.5, 0.6) is 0 Å². The zero-order chi connectivity index (χ0) is 12.7. The highest BCUT2D eigenvalue weighted by atomic mass is 19.1. The Morgan fingerprint density at radius 2 is 2.35 bits per heavy atom. The number of halogens is 1. The third-order valence-corrected chi connectivity index (χ3v) is 2.27. The number of benzene rings is 1. The van der Waals surface area contributed by atoms with Crippen molar-refractivity contribution in [2.45, 2.75) is 19.4 Å². The highest BCUT2D eigenvalue weighted by Gasteiger charge is 2.04. The number of amides is 1. The molecule has 0 saturated heterocycles. The molecule has 0 spiro atoms. The summed E-state index contributed by atoms with van der Waals surface area (Å²) >= 11 is 0. The van der Waals surface area contributed by atoms with E-state index >= 15 is 0 Å². The molecule has 0 bridgehead atoms. The van der Waals surface area contributed by atoms with Crippen molar-refractivity contribution in [3.8, 4) is 0 Å². The van der Waals surface area contributed by atoms with Gasteiger partial charge in [0, 0.05) is 12.6 Å². The first-order valence-corrected chi connectivity index (χ1v) is 5.48. The van der Waals surface area contributed by atoms with Crippen LogP contribution in [0.2, 0.25) is 0 Å². The number of ether oxygens (including phenoxy) is 1. The summed E-state index contributed by atoms with van der Waals surface area (Å²) in [4.78, 5) is 10.3. The lowest BCUT2D eigenvalue weighted by Gasteiger charge is -2.13.